The Morgan fingerprint density at radius 2 is 1.83 bits per heavy atom. The summed E-state index contributed by atoms with van der Waals surface area (Å²) in [5, 5.41) is 3.64. The molecule has 8 heteroatoms. The second kappa shape index (κ2) is 8.49. The Labute approximate surface area is 176 Å². The van der Waals surface area contributed by atoms with Crippen LogP contribution in [0.3, 0.4) is 0 Å². The molecule has 3 rings (SSSR count). The second-order valence-electron chi connectivity index (χ2n) is 8.04. The van der Waals surface area contributed by atoms with Crippen LogP contribution in [0, 0.1) is 0 Å². The fourth-order valence-electron chi connectivity index (χ4n) is 3.13. The number of amides is 1. The van der Waals surface area contributed by atoms with Gasteiger partial charge >= 0.3 is 0 Å². The second-order valence-corrected chi connectivity index (χ2v) is 9.69. The van der Waals surface area contributed by atoms with E-state index in [0.717, 1.165) is 10.9 Å². The molecule has 2 N–H and O–H groups in total. The Hall–Kier alpha value is -2.84. The maximum atomic E-state index is 12.7. The Morgan fingerprint density at radius 1 is 1.10 bits per heavy atom. The van der Waals surface area contributed by atoms with Gasteiger partial charge in [-0.3, -0.25) is 4.79 Å². The van der Waals surface area contributed by atoms with Crippen LogP contribution in [0.1, 0.15) is 31.9 Å². The molecule has 0 aliphatic carbocycles. The van der Waals surface area contributed by atoms with Crippen LogP contribution in [0.2, 0.25) is 0 Å². The normalized spacial score (nSPS) is 12.1. The van der Waals surface area contributed by atoms with Crippen LogP contribution in [0.15, 0.2) is 58.0 Å². The summed E-state index contributed by atoms with van der Waals surface area (Å²) in [4.78, 5) is 12.7. The minimum absolute atomic E-state index is 0.101. The summed E-state index contributed by atoms with van der Waals surface area (Å²) in [6.45, 7) is 5.43. The van der Waals surface area contributed by atoms with Crippen LogP contribution in [-0.4, -0.2) is 27.0 Å². The molecule has 0 saturated heterocycles. The molecule has 0 bridgehead atoms. The molecule has 160 valence electrons. The first-order chi connectivity index (χ1) is 14.1. The number of carbonyl (C=O) groups is 1. The smallest absolute Gasteiger partial charge is 0.241 e. The average molecular weight is 431 g/mol. The van der Waals surface area contributed by atoms with Crippen molar-refractivity contribution in [3.05, 3.63) is 59.9 Å². The van der Waals surface area contributed by atoms with E-state index in [1.165, 1.54) is 6.07 Å². The first kappa shape index (κ1) is 21.9. The van der Waals surface area contributed by atoms with Crippen molar-refractivity contribution in [1.29, 1.82) is 0 Å². The maximum absolute atomic E-state index is 12.7. The van der Waals surface area contributed by atoms with E-state index in [1.807, 2.05) is 12.1 Å². The van der Waals surface area contributed by atoms with Crippen LogP contribution in [0.4, 0.5) is 0 Å². The number of carbonyl (C=O) groups excluding carboxylic acids is 1. The predicted octanol–water partition coefficient (Wildman–Crippen LogP) is 3.38. The van der Waals surface area contributed by atoms with Crippen LogP contribution in [-0.2, 0) is 27.8 Å². The van der Waals surface area contributed by atoms with Crippen molar-refractivity contribution in [1.82, 2.24) is 10.0 Å². The van der Waals surface area contributed by atoms with E-state index in [2.05, 4.69) is 10.0 Å². The molecule has 0 saturated carbocycles. The van der Waals surface area contributed by atoms with Gasteiger partial charge in [-0.05, 0) is 44.5 Å². The van der Waals surface area contributed by atoms with Gasteiger partial charge < -0.3 is 14.5 Å². The van der Waals surface area contributed by atoms with Crippen molar-refractivity contribution in [2.24, 2.45) is 0 Å². The van der Waals surface area contributed by atoms with E-state index in [9.17, 15) is 13.2 Å². The molecular weight excluding hydrogens is 404 g/mol. The van der Waals surface area contributed by atoms with Crippen molar-refractivity contribution in [2.75, 3.05) is 7.11 Å². The number of furan rings is 1. The largest absolute Gasteiger partial charge is 0.497 e. The number of rotatable bonds is 7. The molecule has 0 aliphatic rings. The lowest BCUT2D eigenvalue weighted by molar-refractivity contribution is -0.120. The van der Waals surface area contributed by atoms with E-state index in [0.29, 0.717) is 16.9 Å². The summed E-state index contributed by atoms with van der Waals surface area (Å²) in [5.41, 5.74) is 1.30. The number of hydrogen-bond donors (Lipinski definition) is 2. The standard InChI is InChI=1S/C22H26N2O5S/c1-22(2,3)24-30(26,27)20-8-6-5-7-15(20)13-23-21(25)11-16-14-29-19-12-17(28-4)9-10-18(16)19/h5-10,12,14,24H,11,13H2,1-4H3,(H,23,25). The molecule has 0 radical (unpaired) electrons. The van der Waals surface area contributed by atoms with Gasteiger partial charge in [0.25, 0.3) is 0 Å². The highest BCUT2D eigenvalue weighted by Gasteiger charge is 2.24. The lowest BCUT2D eigenvalue weighted by Crippen LogP contribution is -2.41. The molecule has 30 heavy (non-hydrogen) atoms. The molecule has 0 aliphatic heterocycles. The highest BCUT2D eigenvalue weighted by Crippen LogP contribution is 2.26. The number of sulfonamides is 1. The summed E-state index contributed by atoms with van der Waals surface area (Å²) in [6.07, 6.45) is 1.67. The van der Waals surface area contributed by atoms with Crippen LogP contribution in [0.25, 0.3) is 11.0 Å². The van der Waals surface area contributed by atoms with Gasteiger partial charge in [0, 0.05) is 29.1 Å². The molecule has 1 amide bonds. The first-order valence-electron chi connectivity index (χ1n) is 9.52. The SMILES string of the molecule is COc1ccc2c(CC(=O)NCc3ccccc3S(=O)(=O)NC(C)(C)C)coc2c1. The molecule has 0 atom stereocenters. The number of methoxy groups -OCH3 is 1. The first-order valence-corrected chi connectivity index (χ1v) is 11.0. The lowest BCUT2D eigenvalue weighted by atomic mass is 10.1. The zero-order valence-electron chi connectivity index (χ0n) is 17.5. The molecule has 1 aromatic heterocycles. The zero-order chi connectivity index (χ0) is 21.9. The minimum atomic E-state index is -3.71. The summed E-state index contributed by atoms with van der Waals surface area (Å²) in [6, 6.07) is 12.1. The highest BCUT2D eigenvalue weighted by atomic mass is 32.2. The lowest BCUT2D eigenvalue weighted by Gasteiger charge is -2.21. The van der Waals surface area contributed by atoms with E-state index < -0.39 is 15.6 Å². The number of ether oxygens (including phenoxy) is 1. The molecule has 0 spiro atoms. The number of fused-ring (bicyclic) bond motifs is 1. The van der Waals surface area contributed by atoms with Crippen LogP contribution < -0.4 is 14.8 Å². The zero-order valence-corrected chi connectivity index (χ0v) is 18.3. The third-order valence-corrected chi connectivity index (χ3v) is 6.25. The van der Waals surface area contributed by atoms with Gasteiger partial charge in [-0.25, -0.2) is 13.1 Å². The van der Waals surface area contributed by atoms with Gasteiger partial charge in [0.2, 0.25) is 15.9 Å². The van der Waals surface area contributed by atoms with Gasteiger partial charge in [0.05, 0.1) is 24.7 Å². The molecule has 7 nitrogen and oxygen atoms in total. The van der Waals surface area contributed by atoms with Gasteiger partial charge in [-0.15, -0.1) is 0 Å². The Morgan fingerprint density at radius 3 is 2.53 bits per heavy atom. The fourth-order valence-corrected chi connectivity index (χ4v) is 4.79. The number of nitrogens with one attached hydrogen (secondary N) is 2. The van der Waals surface area contributed by atoms with Crippen molar-refractivity contribution in [3.63, 3.8) is 0 Å². The summed E-state index contributed by atoms with van der Waals surface area (Å²) >= 11 is 0. The summed E-state index contributed by atoms with van der Waals surface area (Å²) < 4.78 is 38.8. The topological polar surface area (TPSA) is 97.6 Å². The van der Waals surface area contributed by atoms with Gasteiger partial charge in [0.15, 0.2) is 0 Å². The van der Waals surface area contributed by atoms with Crippen molar-refractivity contribution in [3.8, 4) is 5.75 Å². The van der Waals surface area contributed by atoms with Gasteiger partial charge in [-0.1, -0.05) is 18.2 Å². The van der Waals surface area contributed by atoms with Crippen molar-refractivity contribution < 1.29 is 22.4 Å². The van der Waals surface area contributed by atoms with Crippen LogP contribution in [0.5, 0.6) is 5.75 Å². The predicted molar refractivity (Wildman–Crippen MR) is 115 cm³/mol. The van der Waals surface area contributed by atoms with E-state index >= 15 is 0 Å². The summed E-state index contributed by atoms with van der Waals surface area (Å²) in [7, 11) is -2.13. The molecule has 3 aromatic rings. The van der Waals surface area contributed by atoms with Crippen molar-refractivity contribution in [2.45, 2.75) is 44.2 Å². The molecule has 1 heterocycles. The molecule has 0 unspecified atom stereocenters. The van der Waals surface area contributed by atoms with E-state index in [4.69, 9.17) is 9.15 Å². The fraction of sp³-hybridized carbons (Fsp3) is 0.318. The molecular formula is C22H26N2O5S. The number of benzene rings is 2. The Balaban J connectivity index is 1.72. The monoisotopic (exact) mass is 430 g/mol. The third kappa shape index (κ3) is 5.20. The Bertz CT molecular complexity index is 1160. The van der Waals surface area contributed by atoms with E-state index in [1.54, 1.807) is 58.4 Å². The average Bonchev–Trinajstić information content (AvgIpc) is 3.06. The highest BCUT2D eigenvalue weighted by molar-refractivity contribution is 7.89. The summed E-state index contributed by atoms with van der Waals surface area (Å²) in [5.74, 6) is 0.444. The quantitative estimate of drug-likeness (QED) is 0.599. The van der Waals surface area contributed by atoms with Gasteiger partial charge in [0.1, 0.15) is 11.3 Å². The molecule has 2 aromatic carbocycles. The third-order valence-electron chi connectivity index (χ3n) is 4.39. The Kier molecular flexibility index (Phi) is 6.19. The molecule has 0 fully saturated rings. The van der Waals surface area contributed by atoms with E-state index in [-0.39, 0.29) is 23.8 Å². The van der Waals surface area contributed by atoms with Crippen LogP contribution >= 0.6 is 0 Å². The van der Waals surface area contributed by atoms with Crippen molar-refractivity contribution >= 4 is 26.9 Å². The number of hydrogen-bond acceptors (Lipinski definition) is 5. The minimum Gasteiger partial charge on any atom is -0.497 e. The maximum Gasteiger partial charge on any atom is 0.241 e. The van der Waals surface area contributed by atoms with Gasteiger partial charge in [-0.2, -0.15) is 0 Å².